The van der Waals surface area contributed by atoms with Gasteiger partial charge in [-0.25, -0.2) is 9.78 Å². The number of carbonyl (C=O) groups excluding carboxylic acids is 1. The van der Waals surface area contributed by atoms with Crippen molar-refractivity contribution in [1.29, 1.82) is 0 Å². The van der Waals surface area contributed by atoms with Gasteiger partial charge in [-0.15, -0.1) is 0 Å². The molecule has 2 N–H and O–H groups in total. The number of rotatable bonds is 4. The van der Waals surface area contributed by atoms with Gasteiger partial charge < -0.3 is 15.0 Å². The molecule has 5 heteroatoms. The van der Waals surface area contributed by atoms with Crippen molar-refractivity contribution in [2.45, 2.75) is 20.3 Å². The zero-order valence-corrected chi connectivity index (χ0v) is 11.1. The molecule has 5 nitrogen and oxygen atoms in total. The molecule has 0 saturated carbocycles. The average molecular weight is 259 g/mol. The molecule has 1 aromatic heterocycles. The van der Waals surface area contributed by atoms with Gasteiger partial charge in [-0.1, -0.05) is 13.0 Å². The van der Waals surface area contributed by atoms with Crippen LogP contribution in [0.4, 0.5) is 5.69 Å². The summed E-state index contributed by atoms with van der Waals surface area (Å²) in [7, 11) is 0. The fourth-order valence-electron chi connectivity index (χ4n) is 1.97. The number of carbonyl (C=O) groups is 1. The van der Waals surface area contributed by atoms with Gasteiger partial charge in [0.2, 0.25) is 0 Å². The van der Waals surface area contributed by atoms with Crippen LogP contribution in [-0.2, 0) is 11.2 Å². The number of esters is 1. The minimum Gasteiger partial charge on any atom is -0.462 e. The molecule has 0 atom stereocenters. The number of imidazole rings is 1. The van der Waals surface area contributed by atoms with Crippen LogP contribution in [0.5, 0.6) is 0 Å². The highest BCUT2D eigenvalue weighted by Crippen LogP contribution is 2.23. The number of ether oxygens (including phenoxy) is 1. The number of nitrogens with two attached hydrogens (primary N) is 1. The predicted octanol–water partition coefficient (Wildman–Crippen LogP) is 2.19. The smallest absolute Gasteiger partial charge is 0.340 e. The largest absolute Gasteiger partial charge is 0.462 e. The zero-order chi connectivity index (χ0) is 13.8. The number of hydrogen-bond acceptors (Lipinski definition) is 4. The lowest BCUT2D eigenvalue weighted by Gasteiger charge is -2.12. The fourth-order valence-corrected chi connectivity index (χ4v) is 1.97. The third-order valence-electron chi connectivity index (χ3n) is 2.87. The molecule has 0 aliphatic carbocycles. The normalized spacial score (nSPS) is 10.4. The molecule has 2 aromatic rings. The molecule has 1 heterocycles. The number of nitrogens with zero attached hydrogens (tertiary/aromatic N) is 2. The highest BCUT2D eigenvalue weighted by molar-refractivity contribution is 5.97. The molecule has 0 bridgehead atoms. The molecule has 100 valence electrons. The Bertz CT molecular complexity index is 590. The fraction of sp³-hybridized carbons (Fsp3) is 0.286. The second kappa shape index (κ2) is 5.56. The van der Waals surface area contributed by atoms with Crippen LogP contribution < -0.4 is 5.73 Å². The molecule has 19 heavy (non-hydrogen) atoms. The van der Waals surface area contributed by atoms with E-state index in [1.807, 2.05) is 23.8 Å². The number of nitrogen functional groups attached to an aromatic ring is 1. The number of aryl methyl sites for hydroxylation is 1. The van der Waals surface area contributed by atoms with Crippen molar-refractivity contribution in [3.8, 4) is 5.69 Å². The Balaban J connectivity index is 2.48. The van der Waals surface area contributed by atoms with E-state index in [1.165, 1.54) is 0 Å². The lowest BCUT2D eigenvalue weighted by Crippen LogP contribution is -2.11. The summed E-state index contributed by atoms with van der Waals surface area (Å²) in [6, 6.07) is 5.32. The molecule has 0 radical (unpaired) electrons. The third kappa shape index (κ3) is 2.45. The molecule has 0 unspecified atom stereocenters. The van der Waals surface area contributed by atoms with Crippen LogP contribution in [0.25, 0.3) is 5.69 Å². The number of para-hydroxylation sites is 1. The van der Waals surface area contributed by atoms with E-state index in [0.29, 0.717) is 17.9 Å². The average Bonchev–Trinajstić information content (AvgIpc) is 2.87. The van der Waals surface area contributed by atoms with Crippen molar-refractivity contribution in [3.05, 3.63) is 42.0 Å². The molecular formula is C14H17N3O2. The van der Waals surface area contributed by atoms with Gasteiger partial charge in [-0.3, -0.25) is 0 Å². The Labute approximate surface area is 112 Å². The highest BCUT2D eigenvalue weighted by Gasteiger charge is 2.15. The Kier molecular flexibility index (Phi) is 3.85. The number of aromatic nitrogens is 2. The van der Waals surface area contributed by atoms with Gasteiger partial charge in [0.15, 0.2) is 0 Å². The molecule has 0 aliphatic rings. The number of hydrogen-bond donors (Lipinski definition) is 1. The zero-order valence-electron chi connectivity index (χ0n) is 11.1. The Morgan fingerprint density at radius 1 is 1.42 bits per heavy atom. The van der Waals surface area contributed by atoms with Crippen molar-refractivity contribution < 1.29 is 9.53 Å². The topological polar surface area (TPSA) is 70.1 Å². The predicted molar refractivity (Wildman–Crippen MR) is 73.3 cm³/mol. The van der Waals surface area contributed by atoms with Crippen LogP contribution in [0.1, 0.15) is 30.0 Å². The van der Waals surface area contributed by atoms with E-state index in [-0.39, 0.29) is 0 Å². The SMILES string of the molecule is CCOC(=O)c1cccc(-n2ccnc2CC)c1N. The molecule has 1 aromatic carbocycles. The minimum atomic E-state index is -0.403. The van der Waals surface area contributed by atoms with E-state index in [0.717, 1.165) is 17.9 Å². The summed E-state index contributed by atoms with van der Waals surface area (Å²) < 4.78 is 6.88. The first-order valence-electron chi connectivity index (χ1n) is 6.27. The van der Waals surface area contributed by atoms with E-state index in [2.05, 4.69) is 4.98 Å². The summed E-state index contributed by atoms with van der Waals surface area (Å²) in [6.07, 6.45) is 4.34. The maximum Gasteiger partial charge on any atom is 0.340 e. The van der Waals surface area contributed by atoms with E-state index in [4.69, 9.17) is 10.5 Å². The lowest BCUT2D eigenvalue weighted by atomic mass is 10.1. The highest BCUT2D eigenvalue weighted by atomic mass is 16.5. The van der Waals surface area contributed by atoms with Gasteiger partial charge in [0.25, 0.3) is 0 Å². The van der Waals surface area contributed by atoms with Crippen LogP contribution in [0.15, 0.2) is 30.6 Å². The maximum absolute atomic E-state index is 11.8. The Morgan fingerprint density at radius 2 is 2.21 bits per heavy atom. The second-order valence-electron chi connectivity index (χ2n) is 4.03. The molecule has 0 fully saturated rings. The minimum absolute atomic E-state index is 0.327. The maximum atomic E-state index is 11.8. The van der Waals surface area contributed by atoms with Crippen LogP contribution in [0.3, 0.4) is 0 Å². The summed E-state index contributed by atoms with van der Waals surface area (Å²) in [6.45, 7) is 4.11. The van der Waals surface area contributed by atoms with Gasteiger partial charge in [0, 0.05) is 18.8 Å². The summed E-state index contributed by atoms with van der Waals surface area (Å²) in [5, 5.41) is 0. The van der Waals surface area contributed by atoms with Crippen molar-refractivity contribution in [2.24, 2.45) is 0 Å². The van der Waals surface area contributed by atoms with Crippen LogP contribution >= 0.6 is 0 Å². The standard InChI is InChI=1S/C14H17N3O2/c1-3-12-16-8-9-17(12)11-7-5-6-10(13(11)15)14(18)19-4-2/h5-9H,3-4,15H2,1-2H3. The quantitative estimate of drug-likeness (QED) is 0.675. The van der Waals surface area contributed by atoms with Crippen LogP contribution in [0.2, 0.25) is 0 Å². The molecular weight excluding hydrogens is 242 g/mol. The first-order chi connectivity index (χ1) is 9.19. The van der Waals surface area contributed by atoms with Gasteiger partial charge >= 0.3 is 5.97 Å². The third-order valence-corrected chi connectivity index (χ3v) is 2.87. The van der Waals surface area contributed by atoms with Gasteiger partial charge in [-0.05, 0) is 19.1 Å². The van der Waals surface area contributed by atoms with Crippen molar-refractivity contribution in [3.63, 3.8) is 0 Å². The molecule has 2 rings (SSSR count). The first kappa shape index (κ1) is 13.1. The van der Waals surface area contributed by atoms with Crippen molar-refractivity contribution in [2.75, 3.05) is 12.3 Å². The van der Waals surface area contributed by atoms with Crippen LogP contribution in [0, 0.1) is 0 Å². The van der Waals surface area contributed by atoms with Gasteiger partial charge in [-0.2, -0.15) is 0 Å². The molecule has 0 amide bonds. The van der Waals surface area contributed by atoms with Gasteiger partial charge in [0.05, 0.1) is 23.5 Å². The monoisotopic (exact) mass is 259 g/mol. The summed E-state index contributed by atoms with van der Waals surface area (Å²) in [5.41, 5.74) is 7.62. The molecule has 0 aliphatic heterocycles. The lowest BCUT2D eigenvalue weighted by molar-refractivity contribution is 0.0527. The second-order valence-corrected chi connectivity index (χ2v) is 4.03. The van der Waals surface area contributed by atoms with Crippen LogP contribution in [-0.4, -0.2) is 22.1 Å². The van der Waals surface area contributed by atoms with Crippen molar-refractivity contribution >= 4 is 11.7 Å². The summed E-state index contributed by atoms with van der Waals surface area (Å²) in [5.74, 6) is 0.493. The van der Waals surface area contributed by atoms with Crippen molar-refractivity contribution in [1.82, 2.24) is 9.55 Å². The molecule has 0 spiro atoms. The van der Waals surface area contributed by atoms with E-state index >= 15 is 0 Å². The van der Waals surface area contributed by atoms with E-state index in [9.17, 15) is 4.79 Å². The number of anilines is 1. The summed E-state index contributed by atoms with van der Waals surface area (Å²) >= 11 is 0. The Hall–Kier alpha value is -2.30. The Morgan fingerprint density at radius 3 is 2.89 bits per heavy atom. The summed E-state index contributed by atoms with van der Waals surface area (Å²) in [4.78, 5) is 16.1. The number of benzene rings is 1. The molecule has 0 saturated heterocycles. The first-order valence-corrected chi connectivity index (χ1v) is 6.27. The van der Waals surface area contributed by atoms with E-state index < -0.39 is 5.97 Å². The van der Waals surface area contributed by atoms with E-state index in [1.54, 1.807) is 25.3 Å². The van der Waals surface area contributed by atoms with Gasteiger partial charge in [0.1, 0.15) is 5.82 Å².